The molecule has 1 aromatic heterocycles. The van der Waals surface area contributed by atoms with Gasteiger partial charge in [-0.25, -0.2) is 0 Å². The maximum absolute atomic E-state index is 6.27. The van der Waals surface area contributed by atoms with E-state index < -0.39 is 0 Å². The highest BCUT2D eigenvalue weighted by Gasteiger charge is 2.44. The molecule has 3 nitrogen and oxygen atoms in total. The quantitative estimate of drug-likeness (QED) is 0.547. The molecule has 0 N–H and O–H groups in total. The van der Waals surface area contributed by atoms with Gasteiger partial charge in [0, 0.05) is 24.0 Å². The summed E-state index contributed by atoms with van der Waals surface area (Å²) >= 11 is 0. The molecule has 26 heavy (non-hydrogen) atoms. The summed E-state index contributed by atoms with van der Waals surface area (Å²) in [6.45, 7) is 5.70. The van der Waals surface area contributed by atoms with Gasteiger partial charge < -0.3 is 14.2 Å². The SMILES string of the molecule is CN1CN2C3=C1C=CCC3C(C)(C)c1cccc3oc4cccc2c4c13. The van der Waals surface area contributed by atoms with Crippen LogP contribution in [0.2, 0.25) is 0 Å². The number of anilines is 1. The first-order chi connectivity index (χ1) is 12.6. The molecule has 0 saturated heterocycles. The Hall–Kier alpha value is -2.68. The number of allylic oxidation sites excluding steroid dienone is 3. The lowest BCUT2D eigenvalue weighted by Gasteiger charge is -2.41. The average molecular weight is 342 g/mol. The Kier molecular flexibility index (Phi) is 2.52. The van der Waals surface area contributed by atoms with Crippen LogP contribution in [0.3, 0.4) is 0 Å². The Morgan fingerprint density at radius 2 is 1.81 bits per heavy atom. The summed E-state index contributed by atoms with van der Waals surface area (Å²) in [4.78, 5) is 4.90. The van der Waals surface area contributed by atoms with Gasteiger partial charge in [-0.15, -0.1) is 0 Å². The Bertz CT molecular complexity index is 1150. The lowest BCUT2D eigenvalue weighted by atomic mass is 9.67. The summed E-state index contributed by atoms with van der Waals surface area (Å²) in [5.41, 5.74) is 7.54. The van der Waals surface area contributed by atoms with Crippen molar-refractivity contribution in [2.24, 2.45) is 5.92 Å². The van der Waals surface area contributed by atoms with Crippen LogP contribution in [-0.2, 0) is 5.41 Å². The highest BCUT2D eigenvalue weighted by Crippen LogP contribution is 2.53. The van der Waals surface area contributed by atoms with Crippen LogP contribution < -0.4 is 4.90 Å². The molecule has 0 saturated carbocycles. The van der Waals surface area contributed by atoms with E-state index in [4.69, 9.17) is 4.42 Å². The summed E-state index contributed by atoms with van der Waals surface area (Å²) in [5, 5.41) is 2.56. The summed E-state index contributed by atoms with van der Waals surface area (Å²) in [5.74, 6) is 0.455. The molecule has 130 valence electrons. The first-order valence-corrected chi connectivity index (χ1v) is 9.41. The molecular weight excluding hydrogens is 320 g/mol. The van der Waals surface area contributed by atoms with Crippen LogP contribution in [-0.4, -0.2) is 18.6 Å². The Morgan fingerprint density at radius 1 is 1.04 bits per heavy atom. The molecule has 1 unspecified atom stereocenters. The molecule has 2 aromatic carbocycles. The molecule has 3 aliphatic rings. The molecule has 1 atom stereocenters. The van der Waals surface area contributed by atoms with Crippen molar-refractivity contribution in [1.82, 2.24) is 4.90 Å². The Morgan fingerprint density at radius 3 is 2.65 bits per heavy atom. The van der Waals surface area contributed by atoms with Gasteiger partial charge in [0.15, 0.2) is 0 Å². The molecule has 3 heterocycles. The van der Waals surface area contributed by atoms with Crippen molar-refractivity contribution in [3.8, 4) is 0 Å². The molecule has 0 radical (unpaired) electrons. The molecule has 1 aliphatic carbocycles. The zero-order chi connectivity index (χ0) is 17.6. The Labute approximate surface area is 153 Å². The average Bonchev–Trinajstić information content (AvgIpc) is 3.18. The van der Waals surface area contributed by atoms with E-state index in [1.54, 1.807) is 0 Å². The third-order valence-corrected chi connectivity index (χ3v) is 6.65. The van der Waals surface area contributed by atoms with Crippen LogP contribution in [0, 0.1) is 5.92 Å². The summed E-state index contributed by atoms with van der Waals surface area (Å²) < 4.78 is 6.27. The van der Waals surface area contributed by atoms with E-state index in [1.165, 1.54) is 33.4 Å². The molecule has 6 rings (SSSR count). The number of hydrogen-bond donors (Lipinski definition) is 0. The zero-order valence-corrected chi connectivity index (χ0v) is 15.4. The van der Waals surface area contributed by atoms with Crippen LogP contribution in [0.5, 0.6) is 0 Å². The van der Waals surface area contributed by atoms with Crippen LogP contribution in [0.4, 0.5) is 5.69 Å². The predicted octanol–water partition coefficient (Wildman–Crippen LogP) is 5.37. The van der Waals surface area contributed by atoms with Gasteiger partial charge in [-0.1, -0.05) is 38.1 Å². The lowest BCUT2D eigenvalue weighted by Crippen LogP contribution is -2.38. The second-order valence-corrected chi connectivity index (χ2v) is 8.38. The minimum absolute atomic E-state index is 0.0264. The molecule has 0 amide bonds. The lowest BCUT2D eigenvalue weighted by molar-refractivity contribution is 0.361. The van der Waals surface area contributed by atoms with E-state index in [0.29, 0.717) is 5.92 Å². The van der Waals surface area contributed by atoms with Crippen molar-refractivity contribution >= 4 is 27.6 Å². The van der Waals surface area contributed by atoms with Crippen LogP contribution in [0.15, 0.2) is 64.4 Å². The molecule has 0 bridgehead atoms. The van der Waals surface area contributed by atoms with E-state index in [0.717, 1.165) is 24.3 Å². The van der Waals surface area contributed by atoms with Gasteiger partial charge in [-0.3, -0.25) is 0 Å². The summed E-state index contributed by atoms with van der Waals surface area (Å²) in [6, 6.07) is 13.0. The number of hydrogen-bond acceptors (Lipinski definition) is 3. The van der Waals surface area contributed by atoms with E-state index in [2.05, 4.69) is 79.2 Å². The normalized spacial score (nSPS) is 23.1. The van der Waals surface area contributed by atoms with Crippen LogP contribution in [0.1, 0.15) is 25.8 Å². The zero-order valence-electron chi connectivity index (χ0n) is 15.4. The minimum Gasteiger partial charge on any atom is -0.456 e. The van der Waals surface area contributed by atoms with Gasteiger partial charge in [0.25, 0.3) is 0 Å². The fraction of sp³-hybridized carbons (Fsp3) is 0.304. The van der Waals surface area contributed by atoms with Gasteiger partial charge >= 0.3 is 0 Å². The maximum atomic E-state index is 6.27. The van der Waals surface area contributed by atoms with Crippen molar-refractivity contribution in [2.45, 2.75) is 25.7 Å². The van der Waals surface area contributed by atoms with Crippen molar-refractivity contribution < 1.29 is 4.42 Å². The number of rotatable bonds is 0. The fourth-order valence-electron chi connectivity index (χ4n) is 5.35. The van der Waals surface area contributed by atoms with Gasteiger partial charge in [0.1, 0.15) is 11.2 Å². The first kappa shape index (κ1) is 14.5. The van der Waals surface area contributed by atoms with Gasteiger partial charge in [0.2, 0.25) is 0 Å². The van der Waals surface area contributed by atoms with E-state index in [9.17, 15) is 0 Å². The first-order valence-electron chi connectivity index (χ1n) is 9.41. The molecule has 2 aliphatic heterocycles. The summed E-state index contributed by atoms with van der Waals surface area (Å²) in [6.07, 6.45) is 5.74. The number of likely N-dealkylation sites (N-methyl/N-ethyl adjacent to an activating group) is 1. The van der Waals surface area contributed by atoms with E-state index >= 15 is 0 Å². The molecule has 0 fully saturated rings. The number of benzene rings is 2. The van der Waals surface area contributed by atoms with Crippen molar-refractivity contribution in [2.75, 3.05) is 18.6 Å². The van der Waals surface area contributed by atoms with Gasteiger partial charge in [-0.2, -0.15) is 0 Å². The topological polar surface area (TPSA) is 19.6 Å². The largest absolute Gasteiger partial charge is 0.456 e. The predicted molar refractivity (Wildman–Crippen MR) is 106 cm³/mol. The standard InChI is InChI=1S/C23H22N2O/c1-23(2)14-7-5-11-18-20(14)21-16(9-6-12-19(21)26-18)25-13-24(3)17-10-4-8-15(23)22(17)25/h4-7,9-12,15H,8,13H2,1-3H3. The van der Waals surface area contributed by atoms with Crippen molar-refractivity contribution in [3.05, 3.63) is 65.5 Å². The number of furan rings is 1. The molecular formula is C23H22N2O. The molecule has 3 heteroatoms. The van der Waals surface area contributed by atoms with Crippen molar-refractivity contribution in [1.29, 1.82) is 0 Å². The van der Waals surface area contributed by atoms with E-state index in [-0.39, 0.29) is 5.41 Å². The summed E-state index contributed by atoms with van der Waals surface area (Å²) in [7, 11) is 2.20. The van der Waals surface area contributed by atoms with Gasteiger partial charge in [0.05, 0.1) is 23.4 Å². The second kappa shape index (κ2) is 4.53. The second-order valence-electron chi connectivity index (χ2n) is 8.38. The maximum Gasteiger partial charge on any atom is 0.137 e. The molecule has 3 aromatic rings. The fourth-order valence-corrected chi connectivity index (χ4v) is 5.35. The van der Waals surface area contributed by atoms with E-state index in [1.807, 2.05) is 0 Å². The monoisotopic (exact) mass is 342 g/mol. The highest BCUT2D eigenvalue weighted by atomic mass is 16.3. The van der Waals surface area contributed by atoms with Crippen LogP contribution >= 0.6 is 0 Å². The van der Waals surface area contributed by atoms with Crippen molar-refractivity contribution in [3.63, 3.8) is 0 Å². The molecule has 0 spiro atoms. The third kappa shape index (κ3) is 1.55. The smallest absolute Gasteiger partial charge is 0.137 e. The van der Waals surface area contributed by atoms with Crippen LogP contribution in [0.25, 0.3) is 21.9 Å². The number of fused-ring (bicyclic) bond motifs is 1. The highest BCUT2D eigenvalue weighted by molar-refractivity contribution is 6.14. The minimum atomic E-state index is 0.0264. The van der Waals surface area contributed by atoms with Gasteiger partial charge in [-0.05, 0) is 41.7 Å². The number of nitrogens with zero attached hydrogens (tertiary/aromatic N) is 2. The Balaban J connectivity index is 1.84. The third-order valence-electron chi connectivity index (χ3n) is 6.65.